The van der Waals surface area contributed by atoms with Crippen molar-refractivity contribution in [1.29, 1.82) is 0 Å². The smallest absolute Gasteiger partial charge is 0.345 e. The van der Waals surface area contributed by atoms with E-state index in [1.807, 2.05) is 0 Å². The summed E-state index contributed by atoms with van der Waals surface area (Å²) in [5, 5.41) is 18.0. The van der Waals surface area contributed by atoms with E-state index in [1.54, 1.807) is 13.8 Å². The van der Waals surface area contributed by atoms with Crippen LogP contribution in [0.5, 0.6) is 11.5 Å². The first-order chi connectivity index (χ1) is 21.9. The van der Waals surface area contributed by atoms with Crippen LogP contribution >= 0.6 is 0 Å². The quantitative estimate of drug-likeness (QED) is 0.116. The lowest BCUT2D eigenvalue weighted by molar-refractivity contribution is -0.155. The van der Waals surface area contributed by atoms with E-state index in [1.165, 1.54) is 48.5 Å². The van der Waals surface area contributed by atoms with Gasteiger partial charge < -0.3 is 29.2 Å². The molecule has 46 heavy (non-hydrogen) atoms. The molecular weight excluding hydrogens is 600 g/mol. The zero-order chi connectivity index (χ0) is 33.4. The molecule has 2 N–H and O–H groups in total. The molecule has 0 spiro atoms. The third kappa shape index (κ3) is 9.02. The minimum Gasteiger partial charge on any atom is -0.478 e. The van der Waals surface area contributed by atoms with Gasteiger partial charge >= 0.3 is 35.8 Å². The van der Waals surface area contributed by atoms with Gasteiger partial charge in [0.25, 0.3) is 0 Å². The molecule has 2 fully saturated rings. The highest BCUT2D eigenvalue weighted by molar-refractivity contribution is 6.14. The third-order valence-corrected chi connectivity index (χ3v) is 8.11. The molecule has 0 aromatic heterocycles. The number of carbonyl (C=O) groups is 6. The normalized spacial score (nSPS) is 20.8. The van der Waals surface area contributed by atoms with Crippen LogP contribution in [-0.2, 0) is 28.7 Å². The maximum atomic E-state index is 13.0. The highest BCUT2D eigenvalue weighted by Gasteiger charge is 2.34. The van der Waals surface area contributed by atoms with Crippen LogP contribution in [-0.4, -0.2) is 58.2 Å². The average Bonchev–Trinajstić information content (AvgIpc) is 3.02. The van der Waals surface area contributed by atoms with Crippen molar-refractivity contribution in [3.63, 3.8) is 0 Å². The first kappa shape index (κ1) is 33.9. The Hall–Kier alpha value is -5.00. The second-order valence-electron chi connectivity index (χ2n) is 11.6. The molecule has 0 amide bonds. The molecule has 4 rings (SSSR count). The molecule has 0 heterocycles. The van der Waals surface area contributed by atoms with E-state index in [4.69, 9.17) is 29.2 Å². The molecule has 2 saturated carbocycles. The summed E-state index contributed by atoms with van der Waals surface area (Å²) in [4.78, 5) is 73.3. The zero-order valence-electron chi connectivity index (χ0n) is 25.6. The van der Waals surface area contributed by atoms with Crippen LogP contribution < -0.4 is 9.47 Å². The van der Waals surface area contributed by atoms with Crippen molar-refractivity contribution >= 4 is 35.8 Å². The summed E-state index contributed by atoms with van der Waals surface area (Å²) in [5.41, 5.74) is 0.415. The molecule has 0 aliphatic heterocycles. The number of esters is 4. The Bertz CT molecular complexity index is 1380. The predicted molar refractivity (Wildman–Crippen MR) is 160 cm³/mol. The molecule has 0 radical (unpaired) electrons. The van der Waals surface area contributed by atoms with Gasteiger partial charge in [-0.3, -0.25) is 9.59 Å². The highest BCUT2D eigenvalue weighted by Crippen LogP contribution is 2.31. The first-order valence-corrected chi connectivity index (χ1v) is 15.1. The van der Waals surface area contributed by atoms with Crippen LogP contribution in [0, 0.1) is 11.8 Å². The second-order valence-corrected chi connectivity index (χ2v) is 11.6. The van der Waals surface area contributed by atoms with Crippen molar-refractivity contribution < 1.29 is 57.9 Å². The van der Waals surface area contributed by atoms with Crippen LogP contribution in [0.25, 0.3) is 0 Å². The Balaban J connectivity index is 1.21. The largest absolute Gasteiger partial charge is 0.478 e. The summed E-state index contributed by atoms with van der Waals surface area (Å²) in [6.07, 6.45) is 2.28. The predicted octanol–water partition coefficient (Wildman–Crippen LogP) is 5.13. The number of hydrogen-bond acceptors (Lipinski definition) is 10. The van der Waals surface area contributed by atoms with Gasteiger partial charge in [0.2, 0.25) is 0 Å². The summed E-state index contributed by atoms with van der Waals surface area (Å²) in [5.74, 6) is -4.97. The van der Waals surface area contributed by atoms with Crippen molar-refractivity contribution in [1.82, 2.24) is 0 Å². The molecule has 0 bridgehead atoms. The summed E-state index contributed by atoms with van der Waals surface area (Å²) in [7, 11) is 0. The van der Waals surface area contributed by atoms with Crippen LogP contribution in [0.15, 0.2) is 59.7 Å². The average molecular weight is 637 g/mol. The maximum absolute atomic E-state index is 13.0. The van der Waals surface area contributed by atoms with Crippen molar-refractivity contribution in [2.24, 2.45) is 11.8 Å². The fourth-order valence-corrected chi connectivity index (χ4v) is 5.48. The second kappa shape index (κ2) is 15.3. The molecule has 0 saturated heterocycles. The fourth-order valence-electron chi connectivity index (χ4n) is 5.48. The summed E-state index contributed by atoms with van der Waals surface area (Å²) in [6, 6.07) is 11.1. The Kier molecular flexibility index (Phi) is 11.3. The molecule has 12 heteroatoms. The van der Waals surface area contributed by atoms with E-state index >= 15 is 0 Å². The van der Waals surface area contributed by atoms with Crippen molar-refractivity contribution in [3.8, 4) is 11.5 Å². The Labute approximate surface area is 265 Å². The molecule has 12 nitrogen and oxygen atoms in total. The van der Waals surface area contributed by atoms with Gasteiger partial charge in [-0.1, -0.05) is 5.57 Å². The number of carboxylic acid groups (broad SMARTS) is 2. The highest BCUT2D eigenvalue weighted by atomic mass is 16.6. The van der Waals surface area contributed by atoms with Crippen molar-refractivity contribution in [3.05, 3.63) is 70.8 Å². The Morgan fingerprint density at radius 3 is 1.15 bits per heavy atom. The zero-order valence-corrected chi connectivity index (χ0v) is 25.6. The monoisotopic (exact) mass is 636 g/mol. The topological polar surface area (TPSA) is 180 Å². The van der Waals surface area contributed by atoms with Gasteiger partial charge in [0, 0.05) is 0 Å². The molecular formula is C34H36O12. The Morgan fingerprint density at radius 1 is 0.543 bits per heavy atom. The van der Waals surface area contributed by atoms with E-state index in [0.29, 0.717) is 56.9 Å². The number of carbonyl (C=O) groups excluding carboxylic acids is 4. The first-order valence-electron chi connectivity index (χ1n) is 15.1. The van der Waals surface area contributed by atoms with Gasteiger partial charge in [0.1, 0.15) is 29.3 Å². The van der Waals surface area contributed by atoms with Gasteiger partial charge in [-0.05, 0) is 114 Å². The lowest BCUT2D eigenvalue weighted by atomic mass is 9.87. The van der Waals surface area contributed by atoms with E-state index in [2.05, 4.69) is 0 Å². The van der Waals surface area contributed by atoms with Crippen LogP contribution in [0.2, 0.25) is 0 Å². The summed E-state index contributed by atoms with van der Waals surface area (Å²) >= 11 is 0. The maximum Gasteiger partial charge on any atom is 0.345 e. The van der Waals surface area contributed by atoms with Gasteiger partial charge in [-0.25, -0.2) is 19.2 Å². The van der Waals surface area contributed by atoms with E-state index in [-0.39, 0.29) is 28.2 Å². The van der Waals surface area contributed by atoms with E-state index in [9.17, 15) is 28.8 Å². The van der Waals surface area contributed by atoms with Crippen LogP contribution in [0.4, 0.5) is 0 Å². The number of carboxylic acids is 2. The minimum absolute atomic E-state index is 0.0801. The lowest BCUT2D eigenvalue weighted by Gasteiger charge is -2.28. The SMILES string of the molecule is CC(C)=C(C(=O)OC1CCC(C(=O)Oc2ccc(C(=O)O)cc2)CC1)C(=O)OC1CCC(C(=O)Oc2ccc(C(=O)O)cc2)CC1. The van der Waals surface area contributed by atoms with E-state index in [0.717, 1.165) is 0 Å². The van der Waals surface area contributed by atoms with Crippen molar-refractivity contribution in [2.45, 2.75) is 77.4 Å². The summed E-state index contributed by atoms with van der Waals surface area (Å²) < 4.78 is 22.0. The van der Waals surface area contributed by atoms with Crippen LogP contribution in [0.3, 0.4) is 0 Å². The van der Waals surface area contributed by atoms with Gasteiger partial charge in [-0.15, -0.1) is 0 Å². The van der Waals surface area contributed by atoms with Gasteiger partial charge in [0.15, 0.2) is 0 Å². The number of allylic oxidation sites excluding steroid dienone is 1. The number of benzene rings is 2. The third-order valence-electron chi connectivity index (χ3n) is 8.11. The molecule has 0 unspecified atom stereocenters. The molecule has 2 aromatic carbocycles. The van der Waals surface area contributed by atoms with Gasteiger partial charge in [0.05, 0.1) is 23.0 Å². The lowest BCUT2D eigenvalue weighted by Crippen LogP contribution is -2.33. The summed E-state index contributed by atoms with van der Waals surface area (Å²) in [6.45, 7) is 3.23. The van der Waals surface area contributed by atoms with E-state index < -0.39 is 59.9 Å². The molecule has 2 aromatic rings. The Morgan fingerprint density at radius 2 is 0.870 bits per heavy atom. The number of rotatable bonds is 10. The molecule has 2 aliphatic rings. The van der Waals surface area contributed by atoms with Gasteiger partial charge in [-0.2, -0.15) is 0 Å². The molecule has 0 atom stereocenters. The van der Waals surface area contributed by atoms with Crippen molar-refractivity contribution in [2.75, 3.05) is 0 Å². The fraction of sp³-hybridized carbons (Fsp3) is 0.412. The van der Waals surface area contributed by atoms with Crippen LogP contribution in [0.1, 0.15) is 85.9 Å². The number of aromatic carboxylic acids is 2. The molecule has 244 valence electrons. The standard InChI is InChI=1S/C34H36O12/c1-19(2)28(33(41)45-26-15-7-22(8-16-26)31(39)43-24-11-3-20(4-12-24)29(35)36)34(42)46-27-17-9-23(10-18-27)32(40)44-25-13-5-21(6-14-25)30(37)38/h3-6,11-14,22-23,26-27H,7-10,15-18H2,1-2H3,(H,35,36)(H,37,38). The number of hydrogen-bond donors (Lipinski definition) is 2. The minimum atomic E-state index is -1.08. The number of ether oxygens (including phenoxy) is 4. The molecule has 2 aliphatic carbocycles.